The van der Waals surface area contributed by atoms with Crippen LogP contribution in [0.1, 0.15) is 37.9 Å². The SMILES string of the molecule is COC(=O)[C@](O)(c1ccccc1)C1c2ccccc2-c2ccccc2N1C(=O)OC(C)(C)C. The molecule has 6 heteroatoms. The predicted molar refractivity (Wildman–Crippen MR) is 126 cm³/mol. The van der Waals surface area contributed by atoms with E-state index in [1.807, 2.05) is 36.4 Å². The molecule has 3 aromatic carbocycles. The summed E-state index contributed by atoms with van der Waals surface area (Å²) < 4.78 is 10.8. The Morgan fingerprint density at radius 3 is 2.06 bits per heavy atom. The third kappa shape index (κ3) is 3.87. The lowest BCUT2D eigenvalue weighted by atomic mass is 9.76. The van der Waals surface area contributed by atoms with Crippen LogP contribution in [0.5, 0.6) is 0 Å². The molecule has 0 aliphatic carbocycles. The fraction of sp³-hybridized carbons (Fsp3) is 0.259. The van der Waals surface area contributed by atoms with E-state index in [0.717, 1.165) is 11.1 Å². The van der Waals surface area contributed by atoms with Gasteiger partial charge in [-0.15, -0.1) is 0 Å². The molecule has 0 aromatic heterocycles. The summed E-state index contributed by atoms with van der Waals surface area (Å²) >= 11 is 0. The van der Waals surface area contributed by atoms with E-state index in [9.17, 15) is 14.7 Å². The third-order valence-electron chi connectivity index (χ3n) is 5.66. The Labute approximate surface area is 193 Å². The molecule has 1 unspecified atom stereocenters. The maximum absolute atomic E-state index is 13.6. The van der Waals surface area contributed by atoms with Gasteiger partial charge in [-0.3, -0.25) is 4.90 Å². The van der Waals surface area contributed by atoms with Gasteiger partial charge in [-0.25, -0.2) is 9.59 Å². The normalized spacial score (nSPS) is 16.8. The van der Waals surface area contributed by atoms with Crippen molar-refractivity contribution >= 4 is 17.7 Å². The largest absolute Gasteiger partial charge is 0.467 e. The van der Waals surface area contributed by atoms with Gasteiger partial charge in [-0.1, -0.05) is 72.8 Å². The number of anilines is 1. The number of para-hydroxylation sites is 1. The molecule has 1 heterocycles. The number of benzene rings is 3. The first-order chi connectivity index (χ1) is 15.7. The first kappa shape index (κ1) is 22.6. The van der Waals surface area contributed by atoms with Gasteiger partial charge in [0, 0.05) is 5.56 Å². The van der Waals surface area contributed by atoms with Crippen molar-refractivity contribution in [1.29, 1.82) is 0 Å². The van der Waals surface area contributed by atoms with Crippen molar-refractivity contribution in [3.05, 3.63) is 90.0 Å². The average molecular weight is 446 g/mol. The molecule has 0 saturated heterocycles. The molecule has 4 rings (SSSR count). The standard InChI is InChI=1S/C27H27NO5/c1-26(2,3)33-25(30)28-22-17-11-10-15-20(22)19-14-8-9-16-21(19)23(28)27(31,24(29)32-4)18-12-6-5-7-13-18/h5-17,23,31H,1-4H3/t23?,27-/m0/s1. The molecule has 6 nitrogen and oxygen atoms in total. The summed E-state index contributed by atoms with van der Waals surface area (Å²) in [7, 11) is 1.22. The number of ether oxygens (including phenoxy) is 2. The van der Waals surface area contributed by atoms with E-state index in [0.29, 0.717) is 16.8 Å². The molecular formula is C27H27NO5. The van der Waals surface area contributed by atoms with Crippen LogP contribution >= 0.6 is 0 Å². The maximum atomic E-state index is 13.6. The van der Waals surface area contributed by atoms with Gasteiger partial charge >= 0.3 is 12.1 Å². The smallest absolute Gasteiger partial charge is 0.415 e. The van der Waals surface area contributed by atoms with Gasteiger partial charge in [0.25, 0.3) is 0 Å². The summed E-state index contributed by atoms with van der Waals surface area (Å²) in [5.74, 6) is -0.874. The van der Waals surface area contributed by atoms with Gasteiger partial charge in [0.1, 0.15) is 11.6 Å². The number of methoxy groups -OCH3 is 1. The highest BCUT2D eigenvalue weighted by molar-refractivity contribution is 6.00. The van der Waals surface area contributed by atoms with Crippen LogP contribution < -0.4 is 4.90 Å². The lowest BCUT2D eigenvalue weighted by Crippen LogP contribution is -2.54. The van der Waals surface area contributed by atoms with Crippen molar-refractivity contribution in [2.24, 2.45) is 0 Å². The first-order valence-corrected chi connectivity index (χ1v) is 10.8. The molecule has 1 amide bonds. The number of aliphatic hydroxyl groups is 1. The second-order valence-electron chi connectivity index (χ2n) is 8.98. The number of carbonyl (C=O) groups excluding carboxylic acids is 2. The lowest BCUT2D eigenvalue weighted by Gasteiger charge is -2.45. The maximum Gasteiger partial charge on any atom is 0.415 e. The molecule has 1 aliphatic rings. The fourth-order valence-electron chi connectivity index (χ4n) is 4.33. The molecule has 0 radical (unpaired) electrons. The first-order valence-electron chi connectivity index (χ1n) is 10.8. The molecule has 1 aliphatic heterocycles. The summed E-state index contributed by atoms with van der Waals surface area (Å²) in [5, 5.41) is 12.1. The van der Waals surface area contributed by atoms with Crippen molar-refractivity contribution in [2.75, 3.05) is 12.0 Å². The Morgan fingerprint density at radius 2 is 1.42 bits per heavy atom. The van der Waals surface area contributed by atoms with E-state index in [2.05, 4.69) is 0 Å². The molecule has 170 valence electrons. The van der Waals surface area contributed by atoms with Crippen molar-refractivity contribution in [3.8, 4) is 11.1 Å². The van der Waals surface area contributed by atoms with Crippen LogP contribution in [0, 0.1) is 0 Å². The Hall–Kier alpha value is -3.64. The number of amides is 1. The van der Waals surface area contributed by atoms with E-state index in [1.54, 1.807) is 63.2 Å². The topological polar surface area (TPSA) is 76.1 Å². The van der Waals surface area contributed by atoms with Crippen molar-refractivity contribution in [1.82, 2.24) is 0 Å². The molecule has 0 saturated carbocycles. The number of carbonyl (C=O) groups is 2. The van der Waals surface area contributed by atoms with Crippen molar-refractivity contribution in [3.63, 3.8) is 0 Å². The summed E-state index contributed by atoms with van der Waals surface area (Å²) in [6, 6.07) is 22.2. The minimum absolute atomic E-state index is 0.310. The highest BCUT2D eigenvalue weighted by atomic mass is 16.6. The Bertz CT molecular complexity index is 1180. The van der Waals surface area contributed by atoms with E-state index >= 15 is 0 Å². The second kappa shape index (κ2) is 8.37. The predicted octanol–water partition coefficient (Wildman–Crippen LogP) is 5.21. The van der Waals surface area contributed by atoms with E-state index < -0.39 is 29.3 Å². The van der Waals surface area contributed by atoms with Gasteiger partial charge in [0.15, 0.2) is 0 Å². The summed E-state index contributed by atoms with van der Waals surface area (Å²) in [6.45, 7) is 5.31. The molecule has 33 heavy (non-hydrogen) atoms. The van der Waals surface area contributed by atoms with Crippen molar-refractivity contribution < 1.29 is 24.2 Å². The lowest BCUT2D eigenvalue weighted by molar-refractivity contribution is -0.166. The number of nitrogens with zero attached hydrogens (tertiary/aromatic N) is 1. The summed E-state index contributed by atoms with van der Waals surface area (Å²) in [6.07, 6.45) is -0.673. The number of hydrogen-bond acceptors (Lipinski definition) is 5. The quantitative estimate of drug-likeness (QED) is 0.560. The third-order valence-corrected chi connectivity index (χ3v) is 5.66. The Morgan fingerprint density at radius 1 is 0.848 bits per heavy atom. The summed E-state index contributed by atoms with van der Waals surface area (Å²) in [5.41, 5.74) is 0.0870. The zero-order valence-electron chi connectivity index (χ0n) is 19.1. The monoisotopic (exact) mass is 445 g/mol. The number of esters is 1. The van der Waals surface area contributed by atoms with Gasteiger partial charge in [0.05, 0.1) is 12.8 Å². The van der Waals surface area contributed by atoms with Crippen LogP contribution in [-0.2, 0) is 19.9 Å². The molecule has 0 bridgehead atoms. The molecule has 2 atom stereocenters. The molecule has 0 fully saturated rings. The average Bonchev–Trinajstić information content (AvgIpc) is 2.81. The van der Waals surface area contributed by atoms with E-state index in [1.165, 1.54) is 12.0 Å². The molecule has 1 N–H and O–H groups in total. The van der Waals surface area contributed by atoms with Gasteiger partial charge < -0.3 is 14.6 Å². The number of hydrogen-bond donors (Lipinski definition) is 1. The van der Waals surface area contributed by atoms with Crippen LogP contribution in [0.15, 0.2) is 78.9 Å². The fourth-order valence-corrected chi connectivity index (χ4v) is 4.33. The second-order valence-corrected chi connectivity index (χ2v) is 8.98. The minimum atomic E-state index is -2.20. The Kier molecular flexibility index (Phi) is 5.72. The number of rotatable bonds is 3. The van der Waals surface area contributed by atoms with Gasteiger partial charge in [-0.05, 0) is 43.5 Å². The Balaban J connectivity index is 2.04. The van der Waals surface area contributed by atoms with Gasteiger partial charge in [-0.2, -0.15) is 0 Å². The highest BCUT2D eigenvalue weighted by Gasteiger charge is 2.55. The van der Waals surface area contributed by atoms with E-state index in [-0.39, 0.29) is 0 Å². The van der Waals surface area contributed by atoms with Crippen molar-refractivity contribution in [2.45, 2.75) is 38.0 Å². The number of fused-ring (bicyclic) bond motifs is 3. The van der Waals surface area contributed by atoms with Crippen LogP contribution in [0.2, 0.25) is 0 Å². The molecular weight excluding hydrogens is 418 g/mol. The molecule has 3 aromatic rings. The van der Waals surface area contributed by atoms with Gasteiger partial charge in [0.2, 0.25) is 5.60 Å². The van der Waals surface area contributed by atoms with Crippen LogP contribution in [0.4, 0.5) is 10.5 Å². The van der Waals surface area contributed by atoms with Crippen LogP contribution in [-0.4, -0.2) is 29.9 Å². The highest BCUT2D eigenvalue weighted by Crippen LogP contribution is 2.52. The van der Waals surface area contributed by atoms with E-state index in [4.69, 9.17) is 9.47 Å². The minimum Gasteiger partial charge on any atom is -0.467 e. The van der Waals surface area contributed by atoms with Crippen LogP contribution in [0.25, 0.3) is 11.1 Å². The summed E-state index contributed by atoms with van der Waals surface area (Å²) in [4.78, 5) is 28.3. The van der Waals surface area contributed by atoms with Crippen LogP contribution in [0.3, 0.4) is 0 Å². The molecule has 0 spiro atoms. The zero-order chi connectivity index (χ0) is 23.8. The zero-order valence-corrected chi connectivity index (χ0v) is 19.1.